The predicted octanol–water partition coefficient (Wildman–Crippen LogP) is 3.34. The van der Waals surface area contributed by atoms with Crippen molar-refractivity contribution in [2.75, 3.05) is 0 Å². The summed E-state index contributed by atoms with van der Waals surface area (Å²) in [5, 5.41) is 24.3. The lowest BCUT2D eigenvalue weighted by atomic mass is 9.93. The minimum Gasteiger partial charge on any atom is -0.386 e. The van der Waals surface area contributed by atoms with Gasteiger partial charge >= 0.3 is 10.4 Å². The number of nitrogens with two attached hydrogens (primary N) is 2. The zero-order chi connectivity index (χ0) is 21.7. The molecule has 2 unspecified atom stereocenters. The Morgan fingerprint density at radius 2 is 1.11 bits per heavy atom. The Morgan fingerprint density at radius 3 is 1.30 bits per heavy atom. The number of hydrogen-bond donors (Lipinski definition) is 6. The molecule has 160 valence electrons. The molecule has 0 saturated heterocycles. The third kappa shape index (κ3) is 14.2. The first-order chi connectivity index (χ1) is 12.2. The van der Waals surface area contributed by atoms with Gasteiger partial charge in [0, 0.05) is 0 Å². The number of rotatable bonds is 12. The normalized spacial score (nSPS) is 16.1. The summed E-state index contributed by atoms with van der Waals surface area (Å²) in [6.45, 7) is 7.93. The van der Waals surface area contributed by atoms with Crippen LogP contribution in [0.15, 0.2) is 10.2 Å². The molecule has 0 aromatic carbocycles. The second-order valence-electron chi connectivity index (χ2n) is 6.94. The van der Waals surface area contributed by atoms with Crippen molar-refractivity contribution in [2.45, 2.75) is 90.1 Å². The minimum atomic E-state index is -4.67. The fourth-order valence-corrected chi connectivity index (χ4v) is 2.14. The summed E-state index contributed by atoms with van der Waals surface area (Å²) < 4.78 is 31.6. The second kappa shape index (κ2) is 12.7. The van der Waals surface area contributed by atoms with Crippen LogP contribution in [0, 0.1) is 10.8 Å². The largest absolute Gasteiger partial charge is 0.394 e. The lowest BCUT2D eigenvalue weighted by Gasteiger charge is -2.27. The van der Waals surface area contributed by atoms with Gasteiger partial charge in [-0.2, -0.15) is 18.6 Å². The van der Waals surface area contributed by atoms with E-state index in [1.54, 1.807) is 0 Å². The summed E-state index contributed by atoms with van der Waals surface area (Å²) in [4.78, 5) is 0. The van der Waals surface area contributed by atoms with E-state index < -0.39 is 21.5 Å². The van der Waals surface area contributed by atoms with E-state index >= 15 is 0 Å². The van der Waals surface area contributed by atoms with Crippen LogP contribution in [0.1, 0.15) is 79.1 Å². The first kappa shape index (κ1) is 27.6. The van der Waals surface area contributed by atoms with Crippen LogP contribution in [0.2, 0.25) is 0 Å². The fraction of sp³-hybridized carbons (Fsp3) is 0.875. The molecule has 0 fully saturated rings. The maximum absolute atomic E-state index is 8.74. The van der Waals surface area contributed by atoms with Gasteiger partial charge in [0.05, 0.1) is 0 Å². The van der Waals surface area contributed by atoms with Crippen molar-refractivity contribution in [3.05, 3.63) is 0 Å². The molecule has 0 saturated carbocycles. The second-order valence-corrected chi connectivity index (χ2v) is 7.83. The van der Waals surface area contributed by atoms with Gasteiger partial charge in [-0.3, -0.25) is 19.9 Å². The predicted molar refractivity (Wildman–Crippen MR) is 108 cm³/mol. The quantitative estimate of drug-likeness (QED) is 0.0939. The SMILES string of the molecule is CCCCCC(C)(N=NC(C)(CCCCC)C(=N)N)C(=N)N.O=S(=O)(O)O. The molecule has 0 spiro atoms. The fourth-order valence-electron chi connectivity index (χ4n) is 2.14. The van der Waals surface area contributed by atoms with Gasteiger partial charge in [-0.1, -0.05) is 52.4 Å². The van der Waals surface area contributed by atoms with Crippen LogP contribution in [-0.4, -0.2) is 40.3 Å². The van der Waals surface area contributed by atoms with Crippen LogP contribution in [0.5, 0.6) is 0 Å². The van der Waals surface area contributed by atoms with Crippen LogP contribution in [0.3, 0.4) is 0 Å². The summed E-state index contributed by atoms with van der Waals surface area (Å²) in [7, 11) is -4.67. The van der Waals surface area contributed by atoms with Gasteiger partial charge in [0.15, 0.2) is 0 Å². The molecule has 8 N–H and O–H groups in total. The Morgan fingerprint density at radius 1 is 0.852 bits per heavy atom. The smallest absolute Gasteiger partial charge is 0.386 e. The van der Waals surface area contributed by atoms with E-state index in [0.29, 0.717) is 12.8 Å². The summed E-state index contributed by atoms with van der Waals surface area (Å²) in [6.07, 6.45) is 7.68. The molecule has 0 aliphatic rings. The van der Waals surface area contributed by atoms with E-state index in [9.17, 15) is 0 Å². The molecule has 0 aliphatic carbocycles. The minimum absolute atomic E-state index is 0.0202. The highest BCUT2D eigenvalue weighted by molar-refractivity contribution is 7.79. The van der Waals surface area contributed by atoms with E-state index in [1.807, 2.05) is 13.8 Å². The summed E-state index contributed by atoms with van der Waals surface area (Å²) in [5.41, 5.74) is 9.86. The molecule has 0 amide bonds. The van der Waals surface area contributed by atoms with E-state index in [2.05, 4.69) is 24.1 Å². The van der Waals surface area contributed by atoms with Gasteiger partial charge in [-0.15, -0.1) is 0 Å². The van der Waals surface area contributed by atoms with Crippen molar-refractivity contribution in [1.82, 2.24) is 0 Å². The van der Waals surface area contributed by atoms with Gasteiger partial charge in [0.2, 0.25) is 0 Å². The van der Waals surface area contributed by atoms with Gasteiger partial charge < -0.3 is 11.5 Å². The molecule has 0 aromatic rings. The Bertz CT molecular complexity index is 552. The Kier molecular flexibility index (Phi) is 13.0. The molecular weight excluding hydrogens is 372 g/mol. The highest BCUT2D eigenvalue weighted by Crippen LogP contribution is 2.25. The molecule has 0 aromatic heterocycles. The van der Waals surface area contributed by atoms with Crippen molar-refractivity contribution >= 4 is 22.1 Å². The summed E-state index contributed by atoms with van der Waals surface area (Å²) >= 11 is 0. The molecule has 2 atom stereocenters. The van der Waals surface area contributed by atoms with Crippen molar-refractivity contribution < 1.29 is 17.5 Å². The summed E-state index contributed by atoms with van der Waals surface area (Å²) in [6, 6.07) is 0. The highest BCUT2D eigenvalue weighted by atomic mass is 32.3. The van der Waals surface area contributed by atoms with Crippen molar-refractivity contribution in [2.24, 2.45) is 21.7 Å². The van der Waals surface area contributed by atoms with Crippen LogP contribution < -0.4 is 11.5 Å². The lowest BCUT2D eigenvalue weighted by molar-refractivity contribution is 0.381. The number of amidine groups is 2. The van der Waals surface area contributed by atoms with Crippen molar-refractivity contribution in [3.63, 3.8) is 0 Å². The third-order valence-corrected chi connectivity index (χ3v) is 4.19. The molecule has 0 heterocycles. The zero-order valence-electron chi connectivity index (χ0n) is 16.8. The standard InChI is InChI=1S/C16H34N6.H2O4S/c1-5-7-9-11-15(3,13(17)18)21-22-16(4,14(19)20)12-10-8-6-2;1-5(2,3)4/h5-12H2,1-4H3,(H3,17,18)(H3,19,20);(H2,1,2,3,4). The van der Waals surface area contributed by atoms with Gasteiger partial charge in [0.25, 0.3) is 0 Å². The first-order valence-corrected chi connectivity index (χ1v) is 10.4. The summed E-state index contributed by atoms with van der Waals surface area (Å²) in [5.74, 6) is 0.0404. The molecule has 0 radical (unpaired) electrons. The number of nitrogens with one attached hydrogen (secondary N) is 2. The maximum atomic E-state index is 8.74. The number of hydrogen-bond acceptors (Lipinski definition) is 6. The van der Waals surface area contributed by atoms with Crippen molar-refractivity contribution in [3.8, 4) is 0 Å². The number of azo groups is 1. The molecule has 0 rings (SSSR count). The number of nitrogens with zero attached hydrogens (tertiary/aromatic N) is 2. The topological polar surface area (TPSA) is 199 Å². The maximum Gasteiger partial charge on any atom is 0.394 e. The van der Waals surface area contributed by atoms with Crippen LogP contribution in [0.4, 0.5) is 0 Å². The average molecular weight is 409 g/mol. The Labute approximate surface area is 162 Å². The van der Waals surface area contributed by atoms with E-state index in [-0.39, 0.29) is 11.7 Å². The monoisotopic (exact) mass is 408 g/mol. The molecule has 11 heteroatoms. The molecular formula is C16H36N6O4S. The molecule has 10 nitrogen and oxygen atoms in total. The molecule has 27 heavy (non-hydrogen) atoms. The lowest BCUT2D eigenvalue weighted by Crippen LogP contribution is -2.42. The first-order valence-electron chi connectivity index (χ1n) is 9.04. The van der Waals surface area contributed by atoms with E-state index in [4.69, 9.17) is 39.8 Å². The van der Waals surface area contributed by atoms with Gasteiger partial charge in [0.1, 0.15) is 22.7 Å². The van der Waals surface area contributed by atoms with Crippen molar-refractivity contribution in [1.29, 1.82) is 10.8 Å². The van der Waals surface area contributed by atoms with Crippen LogP contribution in [-0.2, 0) is 10.4 Å². The Hall–Kier alpha value is -1.59. The van der Waals surface area contributed by atoms with Crippen LogP contribution >= 0.6 is 0 Å². The Balaban J connectivity index is 0. The number of unbranched alkanes of at least 4 members (excludes halogenated alkanes) is 4. The third-order valence-electron chi connectivity index (χ3n) is 4.19. The molecule has 0 bridgehead atoms. The van der Waals surface area contributed by atoms with Gasteiger partial charge in [-0.05, 0) is 26.7 Å². The van der Waals surface area contributed by atoms with Crippen LogP contribution in [0.25, 0.3) is 0 Å². The van der Waals surface area contributed by atoms with E-state index in [1.165, 1.54) is 0 Å². The average Bonchev–Trinajstić information content (AvgIpc) is 2.51. The van der Waals surface area contributed by atoms with Gasteiger partial charge in [-0.25, -0.2) is 0 Å². The zero-order valence-corrected chi connectivity index (χ0v) is 17.6. The highest BCUT2D eigenvalue weighted by Gasteiger charge is 2.32. The molecule has 0 aliphatic heterocycles. The van der Waals surface area contributed by atoms with E-state index in [0.717, 1.165) is 38.5 Å².